The first-order chi connectivity index (χ1) is 5.62. The maximum Gasteiger partial charge on any atom is 0.320 e. The van der Waals surface area contributed by atoms with Crippen molar-refractivity contribution in [3.8, 4) is 0 Å². The van der Waals surface area contributed by atoms with Crippen LogP contribution in [0.5, 0.6) is 0 Å². The third-order valence-electron chi connectivity index (χ3n) is 0.629. The summed E-state index contributed by atoms with van der Waals surface area (Å²) in [5.41, 5.74) is 0. The largest absolute Gasteiger partial charge is 0.449 e. The molecule has 0 aromatic rings. The SMILES string of the molecule is C[Si](C)(O)O[Si](C)(C)O.O[SiH2]O[SiH3]. The van der Waals surface area contributed by atoms with E-state index in [0.717, 1.165) is 0 Å². The van der Waals surface area contributed by atoms with Gasteiger partial charge in [0.25, 0.3) is 10.0 Å². The summed E-state index contributed by atoms with van der Waals surface area (Å²) in [4.78, 5) is 26.1. The summed E-state index contributed by atoms with van der Waals surface area (Å²) >= 11 is 0. The van der Waals surface area contributed by atoms with Gasteiger partial charge in [-0.1, -0.05) is 0 Å². The summed E-state index contributed by atoms with van der Waals surface area (Å²) < 4.78 is 9.39. The molecule has 0 unspecified atom stereocenters. The molecule has 9 heteroatoms. The molecule has 0 fully saturated rings. The highest BCUT2D eigenvalue weighted by Gasteiger charge is 2.30. The van der Waals surface area contributed by atoms with Crippen molar-refractivity contribution in [3.63, 3.8) is 0 Å². The molecule has 5 nitrogen and oxygen atoms in total. The molecule has 0 saturated carbocycles. The van der Waals surface area contributed by atoms with Crippen LogP contribution in [-0.4, -0.2) is 52.0 Å². The second-order valence-electron chi connectivity index (χ2n) is 3.41. The highest BCUT2D eigenvalue weighted by molar-refractivity contribution is 6.77. The van der Waals surface area contributed by atoms with E-state index in [-0.39, 0.29) is 0 Å². The Hall–Kier alpha value is 0.668. The Bertz CT molecular complexity index is 105. The Balaban J connectivity index is 0. The maximum atomic E-state index is 9.14. The van der Waals surface area contributed by atoms with E-state index in [1.54, 1.807) is 26.2 Å². The van der Waals surface area contributed by atoms with Crippen molar-refractivity contribution in [3.05, 3.63) is 0 Å². The monoisotopic (exact) mass is 260 g/mol. The van der Waals surface area contributed by atoms with Gasteiger partial charge in [0, 0.05) is 0 Å². The zero-order chi connectivity index (χ0) is 11.1. The van der Waals surface area contributed by atoms with Crippen molar-refractivity contribution in [1.29, 1.82) is 0 Å². The average Bonchev–Trinajstić information content (AvgIpc) is 1.80. The minimum atomic E-state index is -2.48. The molecule has 0 spiro atoms. The van der Waals surface area contributed by atoms with Crippen LogP contribution in [0.15, 0.2) is 0 Å². The second kappa shape index (κ2) is 7.03. The second-order valence-corrected chi connectivity index (χ2v) is 12.6. The molecule has 13 heavy (non-hydrogen) atoms. The number of hydrogen-bond donors (Lipinski definition) is 3. The van der Waals surface area contributed by atoms with Gasteiger partial charge in [-0.15, -0.1) is 0 Å². The highest BCUT2D eigenvalue weighted by atomic mass is 28.5. The van der Waals surface area contributed by atoms with Gasteiger partial charge in [-0.2, -0.15) is 0 Å². The van der Waals surface area contributed by atoms with Crippen molar-refractivity contribution >= 4 is 37.6 Å². The number of hydrogen-bond acceptors (Lipinski definition) is 5. The van der Waals surface area contributed by atoms with Gasteiger partial charge >= 0.3 is 17.1 Å². The van der Waals surface area contributed by atoms with Crippen molar-refractivity contribution in [2.75, 3.05) is 0 Å². The van der Waals surface area contributed by atoms with E-state index in [9.17, 15) is 0 Å². The van der Waals surface area contributed by atoms with Gasteiger partial charge in [0.2, 0.25) is 0 Å². The minimum Gasteiger partial charge on any atom is -0.449 e. The number of rotatable bonds is 3. The predicted octanol–water partition coefficient (Wildman–Crippen LogP) is -2.33. The van der Waals surface area contributed by atoms with Crippen LogP contribution < -0.4 is 0 Å². The third-order valence-corrected chi connectivity index (χ3v) is 5.66. The normalized spacial score (nSPS) is 13.2. The van der Waals surface area contributed by atoms with Gasteiger partial charge < -0.3 is 22.6 Å². The Kier molecular flexibility index (Phi) is 8.71. The van der Waals surface area contributed by atoms with Crippen LogP contribution in [0.1, 0.15) is 0 Å². The summed E-state index contributed by atoms with van der Waals surface area (Å²) in [7, 11) is -5.27. The van der Waals surface area contributed by atoms with E-state index in [1.807, 2.05) is 0 Å². The van der Waals surface area contributed by atoms with Crippen LogP contribution in [0.25, 0.3) is 0 Å². The van der Waals surface area contributed by atoms with E-state index in [1.165, 1.54) is 0 Å². The molecular formula is C4H20O5Si4. The van der Waals surface area contributed by atoms with Crippen LogP contribution in [-0.2, 0) is 8.23 Å². The van der Waals surface area contributed by atoms with Gasteiger partial charge in [0.15, 0.2) is 0 Å². The van der Waals surface area contributed by atoms with E-state index >= 15 is 0 Å². The molecule has 0 bridgehead atoms. The summed E-state index contributed by atoms with van der Waals surface area (Å²) in [5.74, 6) is 0. The van der Waals surface area contributed by atoms with E-state index < -0.39 is 27.1 Å². The topological polar surface area (TPSA) is 79.2 Å². The van der Waals surface area contributed by atoms with Crippen LogP contribution in [0.4, 0.5) is 0 Å². The standard InChI is InChI=1S/C4H14O3Si2.H6O2Si2/c1-8(2,5)7-9(3,4)6;1-4-2-3/h5-6H,1-4H3;1H,4H2,3H3. The lowest BCUT2D eigenvalue weighted by atomic mass is 11.9. The third kappa shape index (κ3) is 24.5. The molecule has 0 amide bonds. The molecule has 0 aromatic carbocycles. The van der Waals surface area contributed by atoms with Gasteiger partial charge in [0.05, 0.1) is 0 Å². The zero-order valence-corrected chi connectivity index (χ0v) is 14.3. The van der Waals surface area contributed by atoms with Gasteiger partial charge in [0.1, 0.15) is 10.5 Å². The van der Waals surface area contributed by atoms with Gasteiger partial charge in [-0.25, -0.2) is 0 Å². The van der Waals surface area contributed by atoms with Crippen molar-refractivity contribution in [2.45, 2.75) is 26.2 Å². The summed E-state index contributed by atoms with van der Waals surface area (Å²) in [6, 6.07) is 0. The van der Waals surface area contributed by atoms with Crippen LogP contribution in [0, 0.1) is 0 Å². The molecule has 0 aromatic heterocycles. The average molecular weight is 261 g/mol. The molecule has 0 aliphatic heterocycles. The van der Waals surface area contributed by atoms with Crippen LogP contribution in [0.2, 0.25) is 26.2 Å². The molecule has 0 aliphatic rings. The quantitative estimate of drug-likeness (QED) is 0.496. The van der Waals surface area contributed by atoms with Gasteiger partial charge in [-0.05, 0) is 26.2 Å². The van der Waals surface area contributed by atoms with Gasteiger partial charge in [-0.3, -0.25) is 0 Å². The predicted molar refractivity (Wildman–Crippen MR) is 62.3 cm³/mol. The lowest BCUT2D eigenvalue weighted by Crippen LogP contribution is -2.44. The molecule has 0 saturated heterocycles. The highest BCUT2D eigenvalue weighted by Crippen LogP contribution is 2.07. The maximum absolute atomic E-state index is 9.14. The molecule has 0 atom stereocenters. The molecular weight excluding hydrogens is 240 g/mol. The minimum absolute atomic E-state index is 0.701. The molecule has 0 rings (SSSR count). The zero-order valence-electron chi connectivity index (χ0n) is 8.87. The fraction of sp³-hybridized carbons (Fsp3) is 1.00. The Morgan fingerprint density at radius 1 is 1.08 bits per heavy atom. The molecule has 0 heterocycles. The summed E-state index contributed by atoms with van der Waals surface area (Å²) in [6.45, 7) is 6.55. The summed E-state index contributed by atoms with van der Waals surface area (Å²) in [6.07, 6.45) is 0. The Morgan fingerprint density at radius 3 is 1.31 bits per heavy atom. The smallest absolute Gasteiger partial charge is 0.320 e. The fourth-order valence-corrected chi connectivity index (χ4v) is 5.50. The lowest BCUT2D eigenvalue weighted by Gasteiger charge is -2.23. The van der Waals surface area contributed by atoms with Crippen molar-refractivity contribution < 1.29 is 22.6 Å². The van der Waals surface area contributed by atoms with E-state index in [4.69, 9.17) is 18.5 Å². The first kappa shape index (κ1) is 16.1. The summed E-state index contributed by atoms with van der Waals surface area (Å²) in [5, 5.41) is 0. The molecule has 0 aliphatic carbocycles. The molecule has 0 radical (unpaired) electrons. The van der Waals surface area contributed by atoms with E-state index in [0.29, 0.717) is 10.5 Å². The van der Waals surface area contributed by atoms with Crippen molar-refractivity contribution in [1.82, 2.24) is 0 Å². The molecule has 3 N–H and O–H groups in total. The first-order valence-electron chi connectivity index (χ1n) is 3.87. The van der Waals surface area contributed by atoms with Crippen LogP contribution in [0.3, 0.4) is 0 Å². The fourth-order valence-electron chi connectivity index (χ4n) is 0.611. The first-order valence-corrected chi connectivity index (χ1v) is 11.6. The molecule has 82 valence electrons. The Labute approximate surface area is 86.8 Å². The van der Waals surface area contributed by atoms with Crippen molar-refractivity contribution in [2.24, 2.45) is 0 Å². The lowest BCUT2D eigenvalue weighted by molar-refractivity contribution is 0.322. The van der Waals surface area contributed by atoms with E-state index in [2.05, 4.69) is 4.12 Å². The van der Waals surface area contributed by atoms with Crippen LogP contribution >= 0.6 is 0 Å². The Morgan fingerprint density at radius 2 is 1.31 bits per heavy atom.